The van der Waals surface area contributed by atoms with Crippen LogP contribution in [0.1, 0.15) is 25.8 Å². The third-order valence-corrected chi connectivity index (χ3v) is 3.98. The zero-order chi connectivity index (χ0) is 14.7. The third kappa shape index (κ3) is 3.93. The highest BCUT2D eigenvalue weighted by atomic mass is 19.1. The Labute approximate surface area is 120 Å². The van der Waals surface area contributed by atoms with Crippen LogP contribution in [-0.4, -0.2) is 37.2 Å². The van der Waals surface area contributed by atoms with E-state index in [4.69, 9.17) is 10.5 Å². The van der Waals surface area contributed by atoms with E-state index >= 15 is 0 Å². The first-order chi connectivity index (χ1) is 9.45. The summed E-state index contributed by atoms with van der Waals surface area (Å²) >= 11 is 0. The fourth-order valence-corrected chi connectivity index (χ4v) is 2.53. The van der Waals surface area contributed by atoms with Crippen LogP contribution in [0.3, 0.4) is 0 Å². The molecule has 0 aliphatic carbocycles. The number of hydrogen-bond donors (Lipinski definition) is 1. The monoisotopic (exact) mass is 280 g/mol. The molecule has 0 fully saturated rings. The van der Waals surface area contributed by atoms with Crippen LogP contribution in [0.15, 0.2) is 18.2 Å². The van der Waals surface area contributed by atoms with Crippen molar-refractivity contribution in [2.24, 2.45) is 11.7 Å². The topological polar surface area (TPSA) is 38.5 Å². The zero-order valence-electron chi connectivity index (χ0n) is 12.6. The number of hydrogen-bond acceptors (Lipinski definition) is 3. The van der Waals surface area contributed by atoms with Gasteiger partial charge in [0.1, 0.15) is 17.7 Å². The normalized spacial score (nSPS) is 19.2. The molecule has 1 aliphatic rings. The van der Waals surface area contributed by atoms with Crippen molar-refractivity contribution in [3.8, 4) is 5.75 Å². The molecule has 2 unspecified atom stereocenters. The van der Waals surface area contributed by atoms with Crippen molar-refractivity contribution in [2.75, 3.05) is 20.1 Å². The summed E-state index contributed by atoms with van der Waals surface area (Å²) in [6.07, 6.45) is 1.89. The Morgan fingerprint density at radius 2 is 2.20 bits per heavy atom. The second kappa shape index (κ2) is 6.55. The Bertz CT molecular complexity index is 450. The number of rotatable bonds is 6. The Morgan fingerprint density at radius 3 is 2.90 bits per heavy atom. The lowest BCUT2D eigenvalue weighted by Crippen LogP contribution is -2.36. The molecule has 2 N–H and O–H groups in total. The first kappa shape index (κ1) is 15.3. The van der Waals surface area contributed by atoms with Crippen molar-refractivity contribution in [3.63, 3.8) is 0 Å². The molecule has 1 aliphatic heterocycles. The number of nitrogens with zero attached hydrogens (tertiary/aromatic N) is 1. The number of ether oxygens (including phenoxy) is 1. The van der Waals surface area contributed by atoms with E-state index in [1.807, 2.05) is 0 Å². The standard InChI is InChI=1S/C16H25FN2O/c1-11(2)15(18)6-7-19(3)10-14-9-12-8-13(17)4-5-16(12)20-14/h4-5,8,11,14-15H,6-7,9-10,18H2,1-3H3. The Hall–Kier alpha value is -1.13. The summed E-state index contributed by atoms with van der Waals surface area (Å²) in [7, 11) is 2.08. The second-order valence-electron chi connectivity index (χ2n) is 6.15. The van der Waals surface area contributed by atoms with Crippen molar-refractivity contribution in [3.05, 3.63) is 29.6 Å². The summed E-state index contributed by atoms with van der Waals surface area (Å²) < 4.78 is 19.0. The number of halogens is 1. The van der Waals surface area contributed by atoms with Crippen LogP contribution < -0.4 is 10.5 Å². The fraction of sp³-hybridized carbons (Fsp3) is 0.625. The minimum absolute atomic E-state index is 0.118. The number of likely N-dealkylation sites (N-methyl/N-ethyl adjacent to an activating group) is 1. The maximum atomic E-state index is 13.2. The highest BCUT2D eigenvalue weighted by molar-refractivity contribution is 5.37. The third-order valence-electron chi connectivity index (χ3n) is 3.98. The van der Waals surface area contributed by atoms with Crippen LogP contribution in [0.2, 0.25) is 0 Å². The average molecular weight is 280 g/mol. The largest absolute Gasteiger partial charge is 0.488 e. The van der Waals surface area contributed by atoms with E-state index in [1.54, 1.807) is 12.1 Å². The summed E-state index contributed by atoms with van der Waals surface area (Å²) in [4.78, 5) is 2.25. The van der Waals surface area contributed by atoms with Gasteiger partial charge in [-0.1, -0.05) is 13.8 Å². The van der Waals surface area contributed by atoms with E-state index < -0.39 is 0 Å². The first-order valence-corrected chi connectivity index (χ1v) is 7.35. The fourth-order valence-electron chi connectivity index (χ4n) is 2.53. The number of fused-ring (bicyclic) bond motifs is 1. The van der Waals surface area contributed by atoms with Gasteiger partial charge in [0, 0.05) is 24.6 Å². The van der Waals surface area contributed by atoms with Gasteiger partial charge in [0.2, 0.25) is 0 Å². The summed E-state index contributed by atoms with van der Waals surface area (Å²) in [6.45, 7) is 6.11. The minimum atomic E-state index is -0.190. The van der Waals surface area contributed by atoms with Gasteiger partial charge in [-0.05, 0) is 44.1 Å². The maximum Gasteiger partial charge on any atom is 0.123 e. The predicted molar refractivity (Wildman–Crippen MR) is 79.4 cm³/mol. The van der Waals surface area contributed by atoms with Gasteiger partial charge >= 0.3 is 0 Å². The van der Waals surface area contributed by atoms with Crippen LogP contribution in [0.25, 0.3) is 0 Å². The van der Waals surface area contributed by atoms with Crippen LogP contribution in [0.4, 0.5) is 4.39 Å². The number of nitrogens with two attached hydrogens (primary N) is 1. The van der Waals surface area contributed by atoms with Crippen molar-refractivity contribution in [1.29, 1.82) is 0 Å². The Balaban J connectivity index is 1.78. The van der Waals surface area contributed by atoms with Gasteiger partial charge in [-0.15, -0.1) is 0 Å². The molecule has 0 amide bonds. The van der Waals surface area contributed by atoms with E-state index in [0.717, 1.165) is 37.2 Å². The lowest BCUT2D eigenvalue weighted by Gasteiger charge is -2.23. The molecular formula is C16H25FN2O. The van der Waals surface area contributed by atoms with Gasteiger partial charge in [-0.3, -0.25) is 0 Å². The van der Waals surface area contributed by atoms with Crippen molar-refractivity contribution in [1.82, 2.24) is 4.90 Å². The molecule has 1 heterocycles. The predicted octanol–water partition coefficient (Wildman–Crippen LogP) is 2.43. The quantitative estimate of drug-likeness (QED) is 0.870. The summed E-state index contributed by atoms with van der Waals surface area (Å²) in [5.41, 5.74) is 7.03. The van der Waals surface area contributed by atoms with Gasteiger partial charge in [0.25, 0.3) is 0 Å². The smallest absolute Gasteiger partial charge is 0.123 e. The second-order valence-corrected chi connectivity index (χ2v) is 6.15. The maximum absolute atomic E-state index is 13.2. The molecule has 2 rings (SSSR count). The lowest BCUT2D eigenvalue weighted by atomic mass is 10.0. The highest BCUT2D eigenvalue weighted by Crippen LogP contribution is 2.29. The molecule has 2 atom stereocenters. The number of benzene rings is 1. The molecular weight excluding hydrogens is 255 g/mol. The van der Waals surface area contributed by atoms with Gasteiger partial charge in [-0.2, -0.15) is 0 Å². The van der Waals surface area contributed by atoms with Gasteiger partial charge < -0.3 is 15.4 Å². The Morgan fingerprint density at radius 1 is 1.45 bits per heavy atom. The first-order valence-electron chi connectivity index (χ1n) is 7.35. The van der Waals surface area contributed by atoms with Crippen molar-refractivity contribution >= 4 is 0 Å². The summed E-state index contributed by atoms with van der Waals surface area (Å²) in [6, 6.07) is 4.99. The highest BCUT2D eigenvalue weighted by Gasteiger charge is 2.24. The van der Waals surface area contributed by atoms with E-state index in [0.29, 0.717) is 5.92 Å². The molecule has 3 nitrogen and oxygen atoms in total. The molecule has 0 bridgehead atoms. The van der Waals surface area contributed by atoms with E-state index in [9.17, 15) is 4.39 Å². The van der Waals surface area contributed by atoms with Crippen molar-refractivity contribution in [2.45, 2.75) is 38.8 Å². The van der Waals surface area contributed by atoms with Gasteiger partial charge in [0.05, 0.1) is 0 Å². The molecule has 0 saturated carbocycles. The van der Waals surface area contributed by atoms with Crippen LogP contribution in [-0.2, 0) is 6.42 Å². The molecule has 0 saturated heterocycles. The molecule has 0 radical (unpaired) electrons. The molecule has 1 aromatic carbocycles. The van der Waals surface area contributed by atoms with Crippen LogP contribution in [0, 0.1) is 11.7 Å². The van der Waals surface area contributed by atoms with Gasteiger partial charge in [-0.25, -0.2) is 4.39 Å². The average Bonchev–Trinajstić information content (AvgIpc) is 2.76. The van der Waals surface area contributed by atoms with E-state index in [-0.39, 0.29) is 18.0 Å². The molecule has 1 aromatic rings. The van der Waals surface area contributed by atoms with Gasteiger partial charge in [0.15, 0.2) is 0 Å². The van der Waals surface area contributed by atoms with Crippen molar-refractivity contribution < 1.29 is 9.13 Å². The Kier molecular flexibility index (Phi) is 5.00. The molecule has 4 heteroatoms. The summed E-state index contributed by atoms with van der Waals surface area (Å²) in [5.74, 6) is 1.14. The van der Waals surface area contributed by atoms with Crippen LogP contribution in [0.5, 0.6) is 5.75 Å². The molecule has 20 heavy (non-hydrogen) atoms. The molecule has 0 aromatic heterocycles. The van der Waals surface area contributed by atoms with E-state index in [1.165, 1.54) is 6.07 Å². The molecule has 0 spiro atoms. The SMILES string of the molecule is CC(C)C(N)CCN(C)CC1Cc2cc(F)ccc2O1. The zero-order valence-corrected chi connectivity index (χ0v) is 12.6. The minimum Gasteiger partial charge on any atom is -0.488 e. The van der Waals surface area contributed by atoms with E-state index in [2.05, 4.69) is 25.8 Å². The summed E-state index contributed by atoms with van der Waals surface area (Å²) in [5, 5.41) is 0. The van der Waals surface area contributed by atoms with Crippen LogP contribution >= 0.6 is 0 Å². The molecule has 112 valence electrons. The lowest BCUT2D eigenvalue weighted by molar-refractivity contribution is 0.164.